The molecule has 0 radical (unpaired) electrons. The van der Waals surface area contributed by atoms with Crippen molar-refractivity contribution < 1.29 is 19.2 Å². The van der Waals surface area contributed by atoms with Crippen LogP contribution in [0, 0.1) is 12.1 Å². The van der Waals surface area contributed by atoms with E-state index in [1.165, 1.54) is 0 Å². The summed E-state index contributed by atoms with van der Waals surface area (Å²) in [6.07, 6.45) is -0.377. The van der Waals surface area contributed by atoms with Crippen molar-refractivity contribution in [2.45, 2.75) is 16.8 Å². The minimum Gasteiger partial charge on any atom is -0.340 e. The smallest absolute Gasteiger partial charge is 0.340 e. The molecule has 5 nitrogen and oxygen atoms in total. The average molecular weight is 294 g/mol. The minimum atomic E-state index is -3.79. The maximum Gasteiger partial charge on any atom is 0.520 e. The highest BCUT2D eigenvalue weighted by Gasteiger charge is 2.35. The quantitative estimate of drug-likeness (QED) is 0.494. The maximum atomic E-state index is 11.1. The molecule has 2 atom stereocenters. The van der Waals surface area contributed by atoms with Crippen LogP contribution in [0.4, 0.5) is 0 Å². The number of hydrogen-bond acceptors (Lipinski definition) is 3. The van der Waals surface area contributed by atoms with E-state index in [2.05, 4.69) is 0 Å². The lowest BCUT2D eigenvalue weighted by atomic mass is 10.2. The third-order valence-electron chi connectivity index (χ3n) is 2.01. The fraction of sp³-hybridized carbons (Fsp3) is 0.333. The van der Waals surface area contributed by atoms with E-state index in [1.54, 1.807) is 12.1 Å². The van der Waals surface area contributed by atoms with Crippen LogP contribution in [0.15, 0.2) is 29.2 Å². The monoisotopic (exact) mass is 294 g/mol. The van der Waals surface area contributed by atoms with Gasteiger partial charge in [-0.25, -0.2) is 0 Å². The predicted octanol–water partition coefficient (Wildman–Crippen LogP) is 2.74. The summed E-state index contributed by atoms with van der Waals surface area (Å²) < 4.78 is 11.1. The number of rotatable bonds is 5. The van der Waals surface area contributed by atoms with E-state index >= 15 is 0 Å². The zero-order chi connectivity index (χ0) is 13.1. The van der Waals surface area contributed by atoms with E-state index in [0.29, 0.717) is 0 Å². The molecular weight excluding hydrogens is 280 g/mol. The van der Waals surface area contributed by atoms with Crippen LogP contribution in [0.2, 0.25) is 0 Å². The highest BCUT2D eigenvalue weighted by atomic mass is 32.2. The van der Waals surface area contributed by atoms with Crippen LogP contribution in [0.3, 0.4) is 0 Å². The van der Waals surface area contributed by atoms with Crippen LogP contribution in [-0.4, -0.2) is 25.8 Å². The van der Waals surface area contributed by atoms with E-state index < -0.39 is 20.5 Å². The highest BCUT2D eigenvalue weighted by molar-refractivity contribution is 8.04. The summed E-state index contributed by atoms with van der Waals surface area (Å²) in [5.74, 6) is 0. The Morgan fingerprint density at radius 1 is 1.47 bits per heavy atom. The molecule has 0 aliphatic heterocycles. The minimum absolute atomic E-state index is 0.377. The second kappa shape index (κ2) is 6.10. The Hall–Kier alpha value is -0.220. The summed E-state index contributed by atoms with van der Waals surface area (Å²) in [7, 11) is -6.36. The normalized spacial score (nSPS) is 14.5. The molecule has 0 heterocycles. The molecule has 1 aromatic rings. The van der Waals surface area contributed by atoms with Gasteiger partial charge in [-0.3, -0.25) is 5.16 Å². The van der Waals surface area contributed by atoms with E-state index in [4.69, 9.17) is 19.8 Å². The van der Waals surface area contributed by atoms with Gasteiger partial charge in [-0.2, -0.15) is 4.89 Å². The van der Waals surface area contributed by atoms with Gasteiger partial charge in [-0.15, -0.1) is 0 Å². The average Bonchev–Trinajstić information content (AvgIpc) is 2.18. The van der Waals surface area contributed by atoms with Gasteiger partial charge < -0.3 is 9.79 Å². The lowest BCUT2D eigenvalue weighted by Gasteiger charge is -2.10. The Morgan fingerprint density at radius 2 is 2.06 bits per heavy atom. The number of thioether (sulfide) groups is 1. The van der Waals surface area contributed by atoms with Crippen molar-refractivity contribution in [2.75, 3.05) is 6.16 Å². The molecule has 1 rings (SSSR count). The first kappa shape index (κ1) is 14.8. The number of benzene rings is 1. The molecule has 1 aromatic carbocycles. The van der Waals surface area contributed by atoms with Crippen molar-refractivity contribution >= 4 is 27.3 Å². The summed E-state index contributed by atoms with van der Waals surface area (Å²) >= 11 is 1.10. The van der Waals surface area contributed by atoms with Crippen LogP contribution in [-0.2, 0) is 4.57 Å². The maximum absolute atomic E-state index is 11.1. The predicted molar refractivity (Wildman–Crippen MR) is 69.6 cm³/mol. The largest absolute Gasteiger partial charge is 0.520 e. The van der Waals surface area contributed by atoms with Crippen molar-refractivity contribution in [1.82, 2.24) is 0 Å². The van der Waals surface area contributed by atoms with Gasteiger partial charge in [0.15, 0.2) is 0 Å². The van der Waals surface area contributed by atoms with Gasteiger partial charge in [0.1, 0.15) is 0 Å². The first-order valence-electron chi connectivity index (χ1n) is 4.76. The molecule has 0 saturated carbocycles. The Morgan fingerprint density at radius 3 is 2.53 bits per heavy atom. The van der Waals surface area contributed by atoms with Crippen molar-refractivity contribution in [3.05, 3.63) is 29.8 Å². The molecule has 0 aromatic heterocycles. The molecule has 0 amide bonds. The molecule has 4 N–H and O–H groups in total. The van der Waals surface area contributed by atoms with E-state index in [-0.39, 0.29) is 6.16 Å². The molecule has 17 heavy (non-hydrogen) atoms. The first-order chi connectivity index (χ1) is 7.79. The fourth-order valence-corrected chi connectivity index (χ4v) is 5.21. The van der Waals surface area contributed by atoms with Crippen molar-refractivity contribution in [2.24, 2.45) is 0 Å². The summed E-state index contributed by atoms with van der Waals surface area (Å²) in [5.41, 5.74) is 0.948. The van der Waals surface area contributed by atoms with Crippen molar-refractivity contribution in [3.63, 3.8) is 0 Å². The van der Waals surface area contributed by atoms with Crippen LogP contribution >= 0.6 is 27.3 Å². The fourth-order valence-electron chi connectivity index (χ4n) is 1.21. The van der Waals surface area contributed by atoms with Crippen molar-refractivity contribution in [1.29, 1.82) is 5.16 Å². The van der Waals surface area contributed by atoms with Crippen LogP contribution in [0.5, 0.6) is 0 Å². The molecule has 0 saturated heterocycles. The zero-order valence-electron chi connectivity index (χ0n) is 9.15. The number of hydrogen-bond donors (Lipinski definition) is 4. The summed E-state index contributed by atoms with van der Waals surface area (Å²) in [4.78, 5) is 27.2. The van der Waals surface area contributed by atoms with Crippen LogP contribution in [0.25, 0.3) is 0 Å². The van der Waals surface area contributed by atoms with Crippen LogP contribution < -0.4 is 0 Å². The Kier molecular flexibility index (Phi) is 5.32. The second-order valence-electron chi connectivity index (χ2n) is 3.55. The highest BCUT2D eigenvalue weighted by Crippen LogP contribution is 2.48. The third-order valence-corrected chi connectivity index (χ3v) is 6.11. The number of nitrogens with one attached hydrogen (secondary N) is 1. The molecule has 0 spiro atoms. The van der Waals surface area contributed by atoms with E-state index in [1.807, 2.05) is 19.1 Å². The molecule has 8 heteroatoms. The Labute approximate surface area is 105 Å². The van der Waals surface area contributed by atoms with Gasteiger partial charge in [0.05, 0.1) is 6.16 Å². The van der Waals surface area contributed by atoms with Gasteiger partial charge in [-0.1, -0.05) is 30.0 Å². The van der Waals surface area contributed by atoms with E-state index in [9.17, 15) is 4.57 Å². The lowest BCUT2D eigenvalue weighted by Crippen LogP contribution is -2.04. The molecular formula is C9H14NO4P2S+. The van der Waals surface area contributed by atoms with Gasteiger partial charge in [0.2, 0.25) is 12.5 Å². The van der Waals surface area contributed by atoms with Gasteiger partial charge in [0, 0.05) is 4.90 Å². The first-order valence-corrected chi connectivity index (χ1v) is 8.80. The standard InChI is InChI=1S/C9H13NO4P2S/c1-7-4-2-3-5-8(7)17-9(15(11)12)6-16(10,13)14/h2-5,9H,6H2,1H3,(H3-,10,11,12,13,14)/p+1. The lowest BCUT2D eigenvalue weighted by molar-refractivity contribution is 0.458. The zero-order valence-corrected chi connectivity index (χ0v) is 11.8. The molecule has 0 aliphatic carbocycles. The Bertz CT molecular complexity index is 462. The molecule has 2 unspecified atom stereocenters. The summed E-state index contributed by atoms with van der Waals surface area (Å²) in [6, 6.07) is 7.32. The SMILES string of the molecule is Cc1ccccc1SC(CP(=N)(O)O)[P+](=O)O. The van der Waals surface area contributed by atoms with E-state index in [0.717, 1.165) is 22.2 Å². The van der Waals surface area contributed by atoms with Gasteiger partial charge in [-0.05, 0) is 23.1 Å². The number of aryl methyl sites for hydroxylation is 1. The molecule has 0 aliphatic rings. The molecule has 0 fully saturated rings. The molecule has 94 valence electrons. The van der Waals surface area contributed by atoms with Gasteiger partial charge in [0.25, 0.3) is 0 Å². The topological polar surface area (TPSA) is 102 Å². The second-order valence-corrected chi connectivity index (χ2v) is 8.20. The van der Waals surface area contributed by atoms with Crippen LogP contribution in [0.1, 0.15) is 5.56 Å². The third kappa shape index (κ3) is 5.30. The summed E-state index contributed by atoms with van der Waals surface area (Å²) in [5, 5.41) is 7.04. The van der Waals surface area contributed by atoms with Crippen molar-refractivity contribution in [3.8, 4) is 0 Å². The Balaban J connectivity index is 2.85. The molecule has 0 bridgehead atoms. The van der Waals surface area contributed by atoms with Gasteiger partial charge >= 0.3 is 8.03 Å². The summed E-state index contributed by atoms with van der Waals surface area (Å²) in [6.45, 7) is 1.87.